The molecule has 18 heavy (non-hydrogen) atoms. The standard InChI is InChI=1S/C9H16F3N3O2.ClH/c1-6(3-13-2)8(17)14-4-7(16)15-5-9(10,11)12;/h6,13H,3-5H2,1-2H3,(H,14,17)(H,15,16);1H. The molecule has 0 bridgehead atoms. The summed E-state index contributed by atoms with van der Waals surface area (Å²) in [4.78, 5) is 22.2. The molecule has 0 aromatic rings. The minimum Gasteiger partial charge on any atom is -0.347 e. The van der Waals surface area contributed by atoms with Crippen LogP contribution in [0.5, 0.6) is 0 Å². The molecule has 0 aromatic heterocycles. The quantitative estimate of drug-likeness (QED) is 0.648. The lowest BCUT2D eigenvalue weighted by atomic mass is 10.1. The summed E-state index contributed by atoms with van der Waals surface area (Å²) in [5, 5.41) is 6.67. The fourth-order valence-electron chi connectivity index (χ4n) is 1.00. The van der Waals surface area contributed by atoms with Crippen LogP contribution in [-0.2, 0) is 9.59 Å². The zero-order valence-electron chi connectivity index (χ0n) is 10.1. The smallest absolute Gasteiger partial charge is 0.347 e. The summed E-state index contributed by atoms with van der Waals surface area (Å²) in [6, 6.07) is 0. The summed E-state index contributed by atoms with van der Waals surface area (Å²) in [7, 11) is 1.67. The summed E-state index contributed by atoms with van der Waals surface area (Å²) >= 11 is 0. The normalized spacial score (nSPS) is 12.3. The van der Waals surface area contributed by atoms with Gasteiger partial charge in [0.2, 0.25) is 11.8 Å². The van der Waals surface area contributed by atoms with Crippen LogP contribution in [0.15, 0.2) is 0 Å². The number of amides is 2. The highest BCUT2D eigenvalue weighted by molar-refractivity contribution is 5.86. The number of hydrogen-bond donors (Lipinski definition) is 3. The SMILES string of the molecule is CNCC(C)C(=O)NCC(=O)NCC(F)(F)F.Cl. The van der Waals surface area contributed by atoms with Gasteiger partial charge in [0.25, 0.3) is 0 Å². The van der Waals surface area contributed by atoms with E-state index in [9.17, 15) is 22.8 Å². The van der Waals surface area contributed by atoms with Crippen LogP contribution in [0, 0.1) is 5.92 Å². The topological polar surface area (TPSA) is 70.2 Å². The van der Waals surface area contributed by atoms with E-state index in [0.29, 0.717) is 6.54 Å². The van der Waals surface area contributed by atoms with Crippen LogP contribution >= 0.6 is 12.4 Å². The van der Waals surface area contributed by atoms with Gasteiger partial charge in [0, 0.05) is 12.5 Å². The molecule has 2 amide bonds. The fourth-order valence-corrected chi connectivity index (χ4v) is 1.00. The summed E-state index contributed by atoms with van der Waals surface area (Å²) in [6.07, 6.45) is -4.45. The van der Waals surface area contributed by atoms with E-state index in [1.807, 2.05) is 0 Å². The average molecular weight is 292 g/mol. The van der Waals surface area contributed by atoms with Crippen molar-refractivity contribution < 1.29 is 22.8 Å². The van der Waals surface area contributed by atoms with Gasteiger partial charge in [-0.15, -0.1) is 12.4 Å². The minimum absolute atomic E-state index is 0. The van der Waals surface area contributed by atoms with Crippen LogP contribution in [0.1, 0.15) is 6.92 Å². The Morgan fingerprint density at radius 1 is 1.22 bits per heavy atom. The summed E-state index contributed by atoms with van der Waals surface area (Å²) in [6.45, 7) is 0.214. The van der Waals surface area contributed by atoms with Crippen LogP contribution in [0.4, 0.5) is 13.2 Å². The van der Waals surface area contributed by atoms with Crippen LogP contribution in [0.3, 0.4) is 0 Å². The lowest BCUT2D eigenvalue weighted by Crippen LogP contribution is -2.43. The molecule has 0 aliphatic heterocycles. The predicted molar refractivity (Wildman–Crippen MR) is 62.4 cm³/mol. The maximum atomic E-state index is 11.7. The van der Waals surface area contributed by atoms with Gasteiger partial charge in [-0.1, -0.05) is 6.92 Å². The third-order valence-corrected chi connectivity index (χ3v) is 1.87. The second-order valence-corrected chi connectivity index (χ2v) is 3.57. The number of rotatable bonds is 6. The van der Waals surface area contributed by atoms with E-state index >= 15 is 0 Å². The Bertz CT molecular complexity index is 274. The lowest BCUT2D eigenvalue weighted by molar-refractivity contribution is -0.138. The second-order valence-electron chi connectivity index (χ2n) is 3.57. The van der Waals surface area contributed by atoms with Crippen molar-refractivity contribution in [3.05, 3.63) is 0 Å². The first-order valence-corrected chi connectivity index (χ1v) is 5.02. The number of nitrogens with one attached hydrogen (secondary N) is 3. The first kappa shape index (κ1) is 19.3. The molecule has 0 aromatic carbocycles. The second kappa shape index (κ2) is 8.98. The largest absolute Gasteiger partial charge is 0.405 e. The molecular formula is C9H17ClF3N3O2. The van der Waals surface area contributed by atoms with Crippen LogP contribution in [0.25, 0.3) is 0 Å². The van der Waals surface area contributed by atoms with Crippen LogP contribution < -0.4 is 16.0 Å². The molecule has 1 atom stereocenters. The van der Waals surface area contributed by atoms with Gasteiger partial charge in [-0.3, -0.25) is 9.59 Å². The lowest BCUT2D eigenvalue weighted by Gasteiger charge is -2.12. The third kappa shape index (κ3) is 10.2. The Hall–Kier alpha value is -1.02. The number of halogens is 4. The minimum atomic E-state index is -4.45. The van der Waals surface area contributed by atoms with E-state index in [2.05, 4.69) is 10.6 Å². The van der Waals surface area contributed by atoms with Crippen molar-refractivity contribution in [1.29, 1.82) is 0 Å². The average Bonchev–Trinajstić information content (AvgIpc) is 2.22. The molecule has 1 unspecified atom stereocenters. The molecule has 0 radical (unpaired) electrons. The molecule has 0 spiro atoms. The fraction of sp³-hybridized carbons (Fsp3) is 0.778. The zero-order chi connectivity index (χ0) is 13.5. The zero-order valence-corrected chi connectivity index (χ0v) is 10.9. The summed E-state index contributed by atoms with van der Waals surface area (Å²) in [5.74, 6) is -1.61. The molecule has 0 aliphatic carbocycles. The van der Waals surface area contributed by atoms with Crippen molar-refractivity contribution in [3.8, 4) is 0 Å². The molecule has 0 aliphatic rings. The molecule has 108 valence electrons. The Morgan fingerprint density at radius 2 is 1.78 bits per heavy atom. The van der Waals surface area contributed by atoms with Gasteiger partial charge in [-0.2, -0.15) is 13.2 Å². The Labute approximate surface area is 109 Å². The maximum Gasteiger partial charge on any atom is 0.405 e. The molecular weight excluding hydrogens is 275 g/mol. The van der Waals surface area contributed by atoms with Crippen molar-refractivity contribution in [2.24, 2.45) is 5.92 Å². The molecule has 3 N–H and O–H groups in total. The molecule has 0 saturated heterocycles. The highest BCUT2D eigenvalue weighted by Crippen LogP contribution is 2.11. The Balaban J connectivity index is 0. The molecule has 5 nitrogen and oxygen atoms in total. The molecule has 0 fully saturated rings. The van der Waals surface area contributed by atoms with Crippen molar-refractivity contribution >= 4 is 24.2 Å². The van der Waals surface area contributed by atoms with Gasteiger partial charge in [0.15, 0.2) is 0 Å². The first-order valence-electron chi connectivity index (χ1n) is 5.02. The van der Waals surface area contributed by atoms with Crippen LogP contribution in [0.2, 0.25) is 0 Å². The number of hydrogen-bond acceptors (Lipinski definition) is 3. The van der Waals surface area contributed by atoms with Gasteiger partial charge in [-0.05, 0) is 7.05 Å². The van der Waals surface area contributed by atoms with E-state index in [-0.39, 0.29) is 24.2 Å². The van der Waals surface area contributed by atoms with Gasteiger partial charge in [0.1, 0.15) is 6.54 Å². The van der Waals surface area contributed by atoms with Gasteiger partial charge in [0.05, 0.1) is 6.54 Å². The van der Waals surface area contributed by atoms with Gasteiger partial charge in [-0.25, -0.2) is 0 Å². The van der Waals surface area contributed by atoms with Crippen molar-refractivity contribution in [2.45, 2.75) is 13.1 Å². The molecule has 0 rings (SSSR count). The van der Waals surface area contributed by atoms with E-state index in [1.165, 1.54) is 0 Å². The number of carbonyl (C=O) groups excluding carboxylic acids is 2. The third-order valence-electron chi connectivity index (χ3n) is 1.87. The number of carbonyl (C=O) groups is 2. The van der Waals surface area contributed by atoms with Crippen molar-refractivity contribution in [3.63, 3.8) is 0 Å². The van der Waals surface area contributed by atoms with E-state index in [0.717, 1.165) is 0 Å². The first-order chi connectivity index (χ1) is 7.76. The van der Waals surface area contributed by atoms with E-state index < -0.39 is 25.2 Å². The van der Waals surface area contributed by atoms with E-state index in [1.54, 1.807) is 19.3 Å². The predicted octanol–water partition coefficient (Wildman–Crippen LogP) is 0.0584. The van der Waals surface area contributed by atoms with Gasteiger partial charge >= 0.3 is 6.18 Å². The van der Waals surface area contributed by atoms with Gasteiger partial charge < -0.3 is 16.0 Å². The van der Waals surface area contributed by atoms with Crippen LogP contribution in [-0.4, -0.2) is 44.7 Å². The Kier molecular flexibility index (Phi) is 9.64. The molecule has 0 saturated carbocycles. The number of alkyl halides is 3. The maximum absolute atomic E-state index is 11.7. The molecule has 9 heteroatoms. The highest BCUT2D eigenvalue weighted by atomic mass is 35.5. The summed E-state index contributed by atoms with van der Waals surface area (Å²) < 4.78 is 35.2. The van der Waals surface area contributed by atoms with Crippen molar-refractivity contribution in [2.75, 3.05) is 26.7 Å². The monoisotopic (exact) mass is 291 g/mol. The molecule has 0 heterocycles. The highest BCUT2D eigenvalue weighted by Gasteiger charge is 2.27. The Morgan fingerprint density at radius 3 is 2.22 bits per heavy atom. The summed E-state index contributed by atoms with van der Waals surface area (Å²) in [5.41, 5.74) is 0. The van der Waals surface area contributed by atoms with E-state index in [4.69, 9.17) is 0 Å². The van der Waals surface area contributed by atoms with Crippen molar-refractivity contribution in [1.82, 2.24) is 16.0 Å².